The van der Waals surface area contributed by atoms with Gasteiger partial charge in [0.2, 0.25) is 0 Å². The molecule has 0 N–H and O–H groups in total. The minimum Gasteiger partial charge on any atom is 2.00 e. The smallest absolute Gasteiger partial charge is 2.00 e. The van der Waals surface area contributed by atoms with Crippen LogP contribution in [0.4, 0.5) is 0 Å². The van der Waals surface area contributed by atoms with Gasteiger partial charge >= 0.3 is 63.0 Å². The molecule has 9 heteroatoms. The Morgan fingerprint density at radius 2 is 1.22 bits per heavy atom. The summed E-state index contributed by atoms with van der Waals surface area (Å²) in [4.78, 5) is 0. The normalized spacial score (nSPS) is 14.7. The minimum absolute atomic E-state index is 0. The Kier molecular flexibility index (Phi) is 3.64. The maximum Gasteiger partial charge on any atom is 2.00 e. The van der Waals surface area contributed by atoms with Crippen molar-refractivity contribution >= 4 is 6.33 Å². The first-order chi connectivity index (χ1) is 3.20. The zero-order chi connectivity index (χ0) is 7.02. The van der Waals surface area contributed by atoms with Gasteiger partial charge in [-0.3, -0.25) is 0 Å². The van der Waals surface area contributed by atoms with Gasteiger partial charge in [-0.2, -0.15) is 0 Å². The molecule has 0 aromatic heterocycles. The zero-order valence-corrected chi connectivity index (χ0v) is 9.15. The predicted octanol–water partition coefficient (Wildman–Crippen LogP) is -2.00. The van der Waals surface area contributed by atoms with Gasteiger partial charge in [0, 0.05) is 0 Å². The summed E-state index contributed by atoms with van der Waals surface area (Å²) < 4.78 is 55.5. The second kappa shape index (κ2) is 2.67. The molecule has 0 saturated heterocycles. The van der Waals surface area contributed by atoms with E-state index < -0.39 is 18.4 Å². The molecule has 0 heterocycles. The van der Waals surface area contributed by atoms with Crippen molar-refractivity contribution < 1.29 is 56.6 Å². The maximum absolute atomic E-state index is 9.28. The van der Waals surface area contributed by atoms with E-state index in [1.54, 1.807) is 0 Å². The van der Waals surface area contributed by atoms with Crippen LogP contribution in [0.3, 0.4) is 0 Å². The third kappa shape index (κ3) is 5.04. The van der Waals surface area contributed by atoms with Crippen molar-refractivity contribution in [3.63, 3.8) is 0 Å². The van der Waals surface area contributed by atoms with Gasteiger partial charge in [0.25, 0.3) is 0 Å². The average molecular weight is 244 g/mol. The van der Waals surface area contributed by atoms with E-state index in [4.69, 9.17) is 0 Å². The van der Waals surface area contributed by atoms with Crippen LogP contribution in [-0.4, -0.2) is 0 Å². The molecule has 9 heavy (non-hydrogen) atoms. The minimum atomic E-state index is -7.59. The molecule has 0 saturated carbocycles. The van der Waals surface area contributed by atoms with Crippen LogP contribution in [0.15, 0.2) is 0 Å². The molecule has 0 spiro atoms. The van der Waals surface area contributed by atoms with Crippen LogP contribution in [0.2, 0.25) is 0 Å². The van der Waals surface area contributed by atoms with E-state index >= 15 is 0 Å². The summed E-state index contributed by atoms with van der Waals surface area (Å²) in [5, 5.41) is 0. The van der Waals surface area contributed by atoms with E-state index in [1.807, 2.05) is 0 Å². The molecule has 0 radical (unpaired) electrons. The molecule has 49 valence electrons. The molecule has 0 aliphatic heterocycles. The second-order valence-electron chi connectivity index (χ2n) is 0.930. The van der Waals surface area contributed by atoms with Gasteiger partial charge in [0.05, 0.1) is 0 Å². The number of rotatable bonds is 1. The molecule has 0 aromatic rings. The molecule has 0 bridgehead atoms. The number of hydrogen-bond acceptors (Lipinski definition) is 6. The predicted molar refractivity (Wildman–Crippen MR) is 9.67 cm³/mol. The fourth-order valence-electron chi connectivity index (χ4n) is 0. The fourth-order valence-corrected chi connectivity index (χ4v) is 0. The zero-order valence-electron chi connectivity index (χ0n) is 4.01. The van der Waals surface area contributed by atoms with Crippen LogP contribution in [0.1, 0.15) is 0 Å². The summed E-state index contributed by atoms with van der Waals surface area (Å²) in [6.45, 7) is 0. The molecule has 6 nitrogen and oxygen atoms in total. The largest absolute Gasteiger partial charge is 2.00 e. The van der Waals surface area contributed by atoms with Crippen molar-refractivity contribution in [2.75, 3.05) is 0 Å². The second-order valence-corrected chi connectivity index (χ2v) is 7.44. The first kappa shape index (κ1) is 12.3. The standard InChI is InChI=1S/Cr.O2P.4O.Zn/c;1-3-2;;;;;/q;;;;2*-1;+2. The first-order valence-electron chi connectivity index (χ1n) is 1.21. The van der Waals surface area contributed by atoms with Gasteiger partial charge in [-0.1, -0.05) is 0 Å². The van der Waals surface area contributed by atoms with Gasteiger partial charge in [-0.05, 0) is 0 Å². The van der Waals surface area contributed by atoms with Crippen molar-refractivity contribution in [3.8, 4) is 0 Å². The molecule has 0 unspecified atom stereocenters. The quantitative estimate of drug-likeness (QED) is 0.389. The number of hydrogen-bond donors (Lipinski definition) is 0. The van der Waals surface area contributed by atoms with Gasteiger partial charge < -0.3 is 0 Å². The first-order valence-corrected chi connectivity index (χ1v) is 6.10. The van der Waals surface area contributed by atoms with Crippen molar-refractivity contribution in [2.24, 2.45) is 0 Å². The van der Waals surface area contributed by atoms with Gasteiger partial charge in [0.15, 0.2) is 0 Å². The van der Waals surface area contributed by atoms with Gasteiger partial charge in [0.1, 0.15) is 0 Å². The van der Waals surface area contributed by atoms with Crippen LogP contribution >= 0.6 is 6.33 Å². The molecule has 0 fully saturated rings. The van der Waals surface area contributed by atoms with E-state index in [9.17, 15) is 25.1 Å². The Morgan fingerprint density at radius 3 is 1.22 bits per heavy atom. The van der Waals surface area contributed by atoms with Crippen LogP contribution in [0.25, 0.3) is 0 Å². The van der Waals surface area contributed by atoms with Gasteiger partial charge in [-0.15, -0.1) is 0 Å². The van der Waals surface area contributed by atoms with Crippen LogP contribution < -0.4 is 8.32 Å². The van der Waals surface area contributed by atoms with E-state index in [0.717, 1.165) is 0 Å². The Bertz CT molecular complexity index is 258. The van der Waals surface area contributed by atoms with Crippen molar-refractivity contribution in [3.05, 3.63) is 0 Å². The fraction of sp³-hybridized carbons (Fsp3) is 0. The topological polar surface area (TPSA) is 114 Å². The third-order valence-electron chi connectivity index (χ3n) is 0.243. The summed E-state index contributed by atoms with van der Waals surface area (Å²) >= 11 is -7.59. The van der Waals surface area contributed by atoms with Crippen molar-refractivity contribution in [2.45, 2.75) is 0 Å². The molecule has 0 aromatic carbocycles. The van der Waals surface area contributed by atoms with E-state index in [0.29, 0.717) is 0 Å². The van der Waals surface area contributed by atoms with Crippen molar-refractivity contribution in [1.29, 1.82) is 0 Å². The molecule has 0 amide bonds. The van der Waals surface area contributed by atoms with Crippen LogP contribution in [0, 0.1) is 0 Å². The maximum atomic E-state index is 9.28. The van der Waals surface area contributed by atoms with E-state index in [2.05, 4.69) is 0 Å². The molecule has 0 aliphatic rings. The van der Waals surface area contributed by atoms with Gasteiger partial charge in [-0.25, -0.2) is 0 Å². The Hall–Kier alpha value is 0.576. The van der Waals surface area contributed by atoms with Crippen LogP contribution in [0.5, 0.6) is 0 Å². The Morgan fingerprint density at radius 1 is 1.11 bits per heavy atom. The molecular weight excluding hydrogens is 244 g/mol. The average Bonchev–Trinajstić information content (AvgIpc) is 1.27. The molecule has 0 rings (SSSR count). The SMILES string of the molecule is O=[P](=O)[Cr](=[O])(=[O])([O-])[O-].[Zn+2]. The molecular formula is CrO6PZn. The van der Waals surface area contributed by atoms with Crippen molar-refractivity contribution in [1.82, 2.24) is 0 Å². The summed E-state index contributed by atoms with van der Waals surface area (Å²) in [6, 6.07) is 0. The summed E-state index contributed by atoms with van der Waals surface area (Å²) in [7, 11) is 0. The van der Waals surface area contributed by atoms with E-state index in [-0.39, 0.29) is 19.5 Å². The Balaban J connectivity index is 0. The Labute approximate surface area is 63.1 Å². The molecule has 0 atom stereocenters. The van der Waals surface area contributed by atoms with Crippen LogP contribution in [-0.2, 0) is 48.3 Å². The summed E-state index contributed by atoms with van der Waals surface area (Å²) in [5.41, 5.74) is 0. The monoisotopic (exact) mass is 243 g/mol. The summed E-state index contributed by atoms with van der Waals surface area (Å²) in [5.74, 6) is 0. The summed E-state index contributed by atoms with van der Waals surface area (Å²) in [6.07, 6.45) is -4.38. The van der Waals surface area contributed by atoms with E-state index in [1.165, 1.54) is 0 Å². The molecule has 0 aliphatic carbocycles. The third-order valence-corrected chi connectivity index (χ3v) is 3.01.